The summed E-state index contributed by atoms with van der Waals surface area (Å²) in [6.07, 6.45) is 4.22. The SMILES string of the molecule is Cc1ccc(CNC(=O)C2(C(N)=NO)CCCCC2)cc1. The third-order valence-corrected chi connectivity index (χ3v) is 4.31. The zero-order valence-corrected chi connectivity index (χ0v) is 12.4. The van der Waals surface area contributed by atoms with Crippen LogP contribution in [0.5, 0.6) is 0 Å². The molecule has 0 spiro atoms. The van der Waals surface area contributed by atoms with Crippen molar-refractivity contribution in [2.45, 2.75) is 45.6 Å². The van der Waals surface area contributed by atoms with E-state index in [1.807, 2.05) is 31.2 Å². The van der Waals surface area contributed by atoms with E-state index in [0.29, 0.717) is 19.4 Å². The summed E-state index contributed by atoms with van der Waals surface area (Å²) in [4.78, 5) is 12.6. The molecule has 5 nitrogen and oxygen atoms in total. The van der Waals surface area contributed by atoms with Gasteiger partial charge in [0.2, 0.25) is 5.91 Å². The number of hydrogen-bond donors (Lipinski definition) is 3. The van der Waals surface area contributed by atoms with E-state index in [0.717, 1.165) is 24.8 Å². The van der Waals surface area contributed by atoms with Crippen molar-refractivity contribution in [3.63, 3.8) is 0 Å². The first-order chi connectivity index (χ1) is 10.1. The molecule has 0 atom stereocenters. The number of oxime groups is 1. The van der Waals surface area contributed by atoms with Gasteiger partial charge in [-0.15, -0.1) is 0 Å². The number of carbonyl (C=O) groups excluding carboxylic acids is 1. The van der Waals surface area contributed by atoms with Crippen LogP contribution >= 0.6 is 0 Å². The molecule has 0 heterocycles. The van der Waals surface area contributed by atoms with E-state index in [1.165, 1.54) is 5.56 Å². The summed E-state index contributed by atoms with van der Waals surface area (Å²) in [6.45, 7) is 2.48. The highest BCUT2D eigenvalue weighted by Crippen LogP contribution is 2.36. The highest BCUT2D eigenvalue weighted by atomic mass is 16.4. The smallest absolute Gasteiger partial charge is 0.234 e. The maximum absolute atomic E-state index is 12.6. The van der Waals surface area contributed by atoms with Gasteiger partial charge in [-0.05, 0) is 25.3 Å². The molecule has 1 fully saturated rings. The van der Waals surface area contributed by atoms with Crippen LogP contribution in [0.2, 0.25) is 0 Å². The summed E-state index contributed by atoms with van der Waals surface area (Å²) < 4.78 is 0. The average Bonchev–Trinajstić information content (AvgIpc) is 2.53. The Hall–Kier alpha value is -2.04. The fourth-order valence-corrected chi connectivity index (χ4v) is 2.91. The first-order valence-corrected chi connectivity index (χ1v) is 7.40. The van der Waals surface area contributed by atoms with Gasteiger partial charge in [0.25, 0.3) is 0 Å². The Bertz CT molecular complexity index is 517. The quantitative estimate of drug-likeness (QED) is 0.344. The summed E-state index contributed by atoms with van der Waals surface area (Å²) in [7, 11) is 0. The molecule has 21 heavy (non-hydrogen) atoms. The Kier molecular flexibility index (Phi) is 4.83. The van der Waals surface area contributed by atoms with Crippen LogP contribution < -0.4 is 11.1 Å². The first-order valence-electron chi connectivity index (χ1n) is 7.40. The van der Waals surface area contributed by atoms with Gasteiger partial charge in [0, 0.05) is 6.54 Å². The molecule has 0 radical (unpaired) electrons. The van der Waals surface area contributed by atoms with Gasteiger partial charge >= 0.3 is 0 Å². The molecule has 1 aliphatic carbocycles. The van der Waals surface area contributed by atoms with Gasteiger partial charge in [-0.25, -0.2) is 0 Å². The average molecular weight is 289 g/mol. The lowest BCUT2D eigenvalue weighted by Crippen LogP contribution is -2.50. The number of amidine groups is 1. The normalized spacial score (nSPS) is 18.2. The molecule has 1 aromatic rings. The molecule has 1 amide bonds. The highest BCUT2D eigenvalue weighted by molar-refractivity contribution is 6.06. The van der Waals surface area contributed by atoms with Crippen LogP contribution in [-0.2, 0) is 11.3 Å². The highest BCUT2D eigenvalue weighted by Gasteiger charge is 2.43. The molecule has 5 heteroatoms. The van der Waals surface area contributed by atoms with Crippen molar-refractivity contribution in [1.82, 2.24) is 5.32 Å². The second kappa shape index (κ2) is 6.61. The van der Waals surface area contributed by atoms with E-state index >= 15 is 0 Å². The summed E-state index contributed by atoms with van der Waals surface area (Å²) in [5.41, 5.74) is 7.19. The molecule has 4 N–H and O–H groups in total. The number of aryl methyl sites for hydroxylation is 1. The second-order valence-electron chi connectivity index (χ2n) is 5.80. The fraction of sp³-hybridized carbons (Fsp3) is 0.500. The molecule has 1 aromatic carbocycles. The molecule has 0 saturated heterocycles. The second-order valence-corrected chi connectivity index (χ2v) is 5.80. The number of amides is 1. The predicted molar refractivity (Wildman–Crippen MR) is 82.0 cm³/mol. The Morgan fingerprint density at radius 3 is 2.48 bits per heavy atom. The standard InChI is InChI=1S/C16H23N3O2/c1-12-5-7-13(8-6-12)11-18-15(20)16(14(17)19-21)9-3-2-4-10-16/h5-8,21H,2-4,9-11H2,1H3,(H2,17,19)(H,18,20). The summed E-state index contributed by atoms with van der Waals surface area (Å²) in [5, 5.41) is 15.0. The minimum Gasteiger partial charge on any atom is -0.409 e. The van der Waals surface area contributed by atoms with Gasteiger partial charge in [-0.2, -0.15) is 0 Å². The molecule has 0 aromatic heterocycles. The molecule has 114 valence electrons. The summed E-state index contributed by atoms with van der Waals surface area (Å²) >= 11 is 0. The van der Waals surface area contributed by atoms with Gasteiger partial charge < -0.3 is 16.3 Å². The van der Waals surface area contributed by atoms with Crippen LogP contribution in [0.4, 0.5) is 0 Å². The van der Waals surface area contributed by atoms with Crippen LogP contribution in [-0.4, -0.2) is 17.0 Å². The topological polar surface area (TPSA) is 87.7 Å². The van der Waals surface area contributed by atoms with E-state index in [-0.39, 0.29) is 11.7 Å². The van der Waals surface area contributed by atoms with Gasteiger partial charge in [0.05, 0.1) is 0 Å². The van der Waals surface area contributed by atoms with Gasteiger partial charge in [0.1, 0.15) is 5.41 Å². The Morgan fingerprint density at radius 1 is 1.29 bits per heavy atom. The van der Waals surface area contributed by atoms with Crippen molar-refractivity contribution in [2.75, 3.05) is 0 Å². The van der Waals surface area contributed by atoms with Crippen molar-refractivity contribution in [3.05, 3.63) is 35.4 Å². The molecule has 1 saturated carbocycles. The lowest BCUT2D eigenvalue weighted by atomic mass is 9.72. The zero-order chi connectivity index (χ0) is 15.3. The number of rotatable bonds is 4. The monoisotopic (exact) mass is 289 g/mol. The van der Waals surface area contributed by atoms with Gasteiger partial charge in [0.15, 0.2) is 5.84 Å². The predicted octanol–water partition coefficient (Wildman–Crippen LogP) is 2.31. The van der Waals surface area contributed by atoms with E-state index in [2.05, 4.69) is 10.5 Å². The molecule has 1 aliphatic rings. The number of benzene rings is 1. The zero-order valence-electron chi connectivity index (χ0n) is 12.4. The minimum atomic E-state index is -0.850. The van der Waals surface area contributed by atoms with Crippen molar-refractivity contribution < 1.29 is 10.0 Å². The number of carbonyl (C=O) groups is 1. The Morgan fingerprint density at radius 2 is 1.90 bits per heavy atom. The van der Waals surface area contributed by atoms with Crippen LogP contribution in [0, 0.1) is 12.3 Å². The molecule has 0 bridgehead atoms. The van der Waals surface area contributed by atoms with Crippen molar-refractivity contribution in [2.24, 2.45) is 16.3 Å². The van der Waals surface area contributed by atoms with Crippen molar-refractivity contribution >= 4 is 11.7 Å². The number of nitrogens with two attached hydrogens (primary N) is 1. The van der Waals surface area contributed by atoms with Crippen LogP contribution in [0.3, 0.4) is 0 Å². The van der Waals surface area contributed by atoms with Crippen LogP contribution in [0.1, 0.15) is 43.2 Å². The number of hydrogen-bond acceptors (Lipinski definition) is 3. The Balaban J connectivity index is 2.07. The number of nitrogens with zero attached hydrogens (tertiary/aromatic N) is 1. The largest absolute Gasteiger partial charge is 0.409 e. The van der Waals surface area contributed by atoms with E-state index in [1.54, 1.807) is 0 Å². The third kappa shape index (κ3) is 3.35. The van der Waals surface area contributed by atoms with Gasteiger partial charge in [-0.1, -0.05) is 54.2 Å². The van der Waals surface area contributed by atoms with E-state index in [9.17, 15) is 4.79 Å². The number of nitrogens with one attached hydrogen (secondary N) is 1. The van der Waals surface area contributed by atoms with Gasteiger partial charge in [-0.3, -0.25) is 4.79 Å². The van der Waals surface area contributed by atoms with E-state index < -0.39 is 5.41 Å². The maximum Gasteiger partial charge on any atom is 0.234 e. The molecule has 0 unspecified atom stereocenters. The molecular formula is C16H23N3O2. The fourth-order valence-electron chi connectivity index (χ4n) is 2.91. The minimum absolute atomic E-state index is 0.0311. The Labute approximate surface area is 125 Å². The first kappa shape index (κ1) is 15.4. The maximum atomic E-state index is 12.6. The summed E-state index contributed by atoms with van der Waals surface area (Å²) in [5.74, 6) is -0.110. The van der Waals surface area contributed by atoms with E-state index in [4.69, 9.17) is 10.9 Å². The molecule has 2 rings (SSSR count). The van der Waals surface area contributed by atoms with Crippen LogP contribution in [0.25, 0.3) is 0 Å². The third-order valence-electron chi connectivity index (χ3n) is 4.31. The molecule has 0 aliphatic heterocycles. The lowest BCUT2D eigenvalue weighted by molar-refractivity contribution is -0.129. The van der Waals surface area contributed by atoms with Crippen LogP contribution in [0.15, 0.2) is 29.4 Å². The summed E-state index contributed by atoms with van der Waals surface area (Å²) in [6, 6.07) is 8.02. The lowest BCUT2D eigenvalue weighted by Gasteiger charge is -2.34. The molecular weight excluding hydrogens is 266 g/mol. The van der Waals surface area contributed by atoms with Crippen molar-refractivity contribution in [1.29, 1.82) is 0 Å². The van der Waals surface area contributed by atoms with Crippen molar-refractivity contribution in [3.8, 4) is 0 Å².